The summed E-state index contributed by atoms with van der Waals surface area (Å²) in [4.78, 5) is 12.9. The van der Waals surface area contributed by atoms with Crippen LogP contribution in [0, 0.1) is 13.8 Å². The lowest BCUT2D eigenvalue weighted by Crippen LogP contribution is -2.31. The van der Waals surface area contributed by atoms with Crippen LogP contribution < -0.4 is 4.74 Å². The molecule has 3 rings (SSSR count). The Morgan fingerprint density at radius 2 is 1.81 bits per heavy atom. The zero-order valence-electron chi connectivity index (χ0n) is 16.1. The normalized spacial score (nSPS) is 13.6. The van der Waals surface area contributed by atoms with Crippen molar-refractivity contribution in [2.24, 2.45) is 0 Å². The molecule has 2 unspecified atom stereocenters. The van der Waals surface area contributed by atoms with E-state index in [4.69, 9.17) is 4.74 Å². The SMILES string of the molecule is CCC(C)c1c(C)nn(C(=O)C(C)Oc2ccc3ccccc3c2)c1C. The van der Waals surface area contributed by atoms with Gasteiger partial charge in [0.05, 0.1) is 5.69 Å². The molecule has 0 aliphatic rings. The molecule has 0 radical (unpaired) electrons. The van der Waals surface area contributed by atoms with Gasteiger partial charge < -0.3 is 4.74 Å². The summed E-state index contributed by atoms with van der Waals surface area (Å²) in [5.74, 6) is 0.926. The molecular formula is C22H26N2O2. The fraction of sp³-hybridized carbons (Fsp3) is 0.364. The van der Waals surface area contributed by atoms with Gasteiger partial charge in [0.25, 0.3) is 5.91 Å². The van der Waals surface area contributed by atoms with Crippen molar-refractivity contribution in [1.29, 1.82) is 0 Å². The molecule has 0 amide bonds. The number of hydrogen-bond acceptors (Lipinski definition) is 3. The van der Waals surface area contributed by atoms with Crippen molar-refractivity contribution in [2.45, 2.75) is 53.1 Å². The summed E-state index contributed by atoms with van der Waals surface area (Å²) in [6.45, 7) is 10.0. The number of carbonyl (C=O) groups is 1. The first-order chi connectivity index (χ1) is 12.4. The maximum absolute atomic E-state index is 12.9. The highest BCUT2D eigenvalue weighted by Gasteiger charge is 2.24. The first-order valence-electron chi connectivity index (χ1n) is 9.18. The Hall–Kier alpha value is -2.62. The molecule has 0 fully saturated rings. The van der Waals surface area contributed by atoms with Crippen LogP contribution in [0.2, 0.25) is 0 Å². The Morgan fingerprint density at radius 1 is 1.12 bits per heavy atom. The number of aryl methyl sites for hydroxylation is 1. The molecule has 3 aromatic rings. The fourth-order valence-corrected chi connectivity index (χ4v) is 3.45. The number of carbonyl (C=O) groups excluding carboxylic acids is 1. The molecule has 0 N–H and O–H groups in total. The van der Waals surface area contributed by atoms with Gasteiger partial charge in [0.15, 0.2) is 6.10 Å². The standard InChI is InChI=1S/C22H26N2O2/c1-6-14(2)21-15(3)23-24(16(21)4)22(25)17(5)26-20-12-11-18-9-7-8-10-19(18)13-20/h7-14,17H,6H2,1-5H3. The van der Waals surface area contributed by atoms with E-state index >= 15 is 0 Å². The molecule has 4 heteroatoms. The molecule has 2 atom stereocenters. The van der Waals surface area contributed by atoms with Crippen LogP contribution in [-0.4, -0.2) is 21.8 Å². The second-order valence-electron chi connectivity index (χ2n) is 6.91. The van der Waals surface area contributed by atoms with Gasteiger partial charge in [-0.2, -0.15) is 5.10 Å². The van der Waals surface area contributed by atoms with Crippen LogP contribution in [0.5, 0.6) is 5.75 Å². The summed E-state index contributed by atoms with van der Waals surface area (Å²) in [6, 6.07) is 14.0. The maximum atomic E-state index is 12.9. The molecule has 4 nitrogen and oxygen atoms in total. The minimum Gasteiger partial charge on any atom is -0.481 e. The van der Waals surface area contributed by atoms with Crippen LogP contribution in [-0.2, 0) is 0 Å². The summed E-state index contributed by atoms with van der Waals surface area (Å²) < 4.78 is 7.42. The predicted molar refractivity (Wildman–Crippen MR) is 105 cm³/mol. The molecule has 0 aliphatic carbocycles. The van der Waals surface area contributed by atoms with Crippen LogP contribution in [0.25, 0.3) is 10.8 Å². The zero-order chi connectivity index (χ0) is 18.8. The monoisotopic (exact) mass is 350 g/mol. The lowest BCUT2D eigenvalue weighted by molar-refractivity contribution is 0.0707. The first kappa shape index (κ1) is 18.2. The Bertz CT molecular complexity index is 942. The molecule has 0 saturated heterocycles. The van der Waals surface area contributed by atoms with Gasteiger partial charge in [0, 0.05) is 5.69 Å². The second-order valence-corrected chi connectivity index (χ2v) is 6.91. The average Bonchev–Trinajstić information content (AvgIpc) is 2.94. The molecule has 1 heterocycles. The lowest BCUT2D eigenvalue weighted by atomic mass is 9.97. The van der Waals surface area contributed by atoms with Gasteiger partial charge in [-0.3, -0.25) is 4.79 Å². The van der Waals surface area contributed by atoms with Crippen LogP contribution in [0.3, 0.4) is 0 Å². The smallest absolute Gasteiger partial charge is 0.287 e. The molecule has 26 heavy (non-hydrogen) atoms. The van der Waals surface area contributed by atoms with Crippen LogP contribution in [0.4, 0.5) is 0 Å². The number of fused-ring (bicyclic) bond motifs is 1. The topological polar surface area (TPSA) is 44.1 Å². The highest BCUT2D eigenvalue weighted by molar-refractivity contribution is 5.85. The Morgan fingerprint density at radius 3 is 2.50 bits per heavy atom. The van der Waals surface area contributed by atoms with Crippen LogP contribution >= 0.6 is 0 Å². The molecule has 136 valence electrons. The third-order valence-electron chi connectivity index (χ3n) is 5.04. The van der Waals surface area contributed by atoms with Crippen molar-refractivity contribution in [1.82, 2.24) is 9.78 Å². The van der Waals surface area contributed by atoms with Gasteiger partial charge in [0.1, 0.15) is 5.75 Å². The Balaban J connectivity index is 1.83. The van der Waals surface area contributed by atoms with E-state index in [0.29, 0.717) is 11.7 Å². The molecule has 2 aromatic carbocycles. The highest BCUT2D eigenvalue weighted by Crippen LogP contribution is 2.26. The number of ether oxygens (including phenoxy) is 1. The van der Waals surface area contributed by atoms with Gasteiger partial charge in [0.2, 0.25) is 0 Å². The van der Waals surface area contributed by atoms with E-state index in [0.717, 1.165) is 28.6 Å². The zero-order valence-corrected chi connectivity index (χ0v) is 16.1. The Kier molecular flexibility index (Phi) is 5.12. The van der Waals surface area contributed by atoms with Crippen LogP contribution in [0.1, 0.15) is 54.9 Å². The van der Waals surface area contributed by atoms with E-state index < -0.39 is 6.10 Å². The van der Waals surface area contributed by atoms with Crippen molar-refractivity contribution < 1.29 is 9.53 Å². The van der Waals surface area contributed by atoms with E-state index in [2.05, 4.69) is 25.0 Å². The van der Waals surface area contributed by atoms with E-state index in [9.17, 15) is 4.79 Å². The Labute approximate surface area is 154 Å². The van der Waals surface area contributed by atoms with Crippen molar-refractivity contribution in [3.63, 3.8) is 0 Å². The third kappa shape index (κ3) is 3.36. The van der Waals surface area contributed by atoms with Crippen molar-refractivity contribution >= 4 is 16.7 Å². The number of hydrogen-bond donors (Lipinski definition) is 0. The highest BCUT2D eigenvalue weighted by atomic mass is 16.5. The minimum atomic E-state index is -0.612. The molecule has 0 aliphatic heterocycles. The van der Waals surface area contributed by atoms with Gasteiger partial charge in [-0.25, -0.2) is 4.68 Å². The molecule has 0 spiro atoms. The largest absolute Gasteiger partial charge is 0.481 e. The molecule has 0 bridgehead atoms. The number of nitrogens with zero attached hydrogens (tertiary/aromatic N) is 2. The molecular weight excluding hydrogens is 324 g/mol. The third-order valence-corrected chi connectivity index (χ3v) is 5.04. The van der Waals surface area contributed by atoms with Crippen molar-refractivity contribution in [2.75, 3.05) is 0 Å². The van der Waals surface area contributed by atoms with E-state index in [1.54, 1.807) is 6.92 Å². The second kappa shape index (κ2) is 7.32. The van der Waals surface area contributed by atoms with Gasteiger partial charge in [-0.1, -0.05) is 44.2 Å². The van der Waals surface area contributed by atoms with Gasteiger partial charge in [-0.15, -0.1) is 0 Å². The first-order valence-corrected chi connectivity index (χ1v) is 9.18. The summed E-state index contributed by atoms with van der Waals surface area (Å²) in [5.41, 5.74) is 3.00. The fourth-order valence-electron chi connectivity index (χ4n) is 3.45. The quantitative estimate of drug-likeness (QED) is 0.629. The number of aromatic nitrogens is 2. The lowest BCUT2D eigenvalue weighted by Gasteiger charge is -2.15. The summed E-state index contributed by atoms with van der Waals surface area (Å²) in [5, 5.41) is 6.72. The number of rotatable bonds is 5. The maximum Gasteiger partial charge on any atom is 0.287 e. The van der Waals surface area contributed by atoms with Crippen molar-refractivity contribution in [3.8, 4) is 5.75 Å². The van der Waals surface area contributed by atoms with E-state index in [1.807, 2.05) is 50.2 Å². The van der Waals surface area contributed by atoms with Gasteiger partial charge in [-0.05, 0) is 61.6 Å². The minimum absolute atomic E-state index is 0.145. The van der Waals surface area contributed by atoms with Gasteiger partial charge >= 0.3 is 0 Å². The van der Waals surface area contributed by atoms with Crippen LogP contribution in [0.15, 0.2) is 42.5 Å². The average molecular weight is 350 g/mol. The summed E-state index contributed by atoms with van der Waals surface area (Å²) >= 11 is 0. The molecule has 1 aromatic heterocycles. The van der Waals surface area contributed by atoms with Crippen molar-refractivity contribution in [3.05, 3.63) is 59.4 Å². The van der Waals surface area contributed by atoms with E-state index in [1.165, 1.54) is 10.2 Å². The number of benzene rings is 2. The summed E-state index contributed by atoms with van der Waals surface area (Å²) in [7, 11) is 0. The molecule has 0 saturated carbocycles. The summed E-state index contributed by atoms with van der Waals surface area (Å²) in [6.07, 6.45) is 0.406. The predicted octanol–water partition coefficient (Wildman–Crippen LogP) is 5.27. The van der Waals surface area contributed by atoms with E-state index in [-0.39, 0.29) is 5.91 Å².